The van der Waals surface area contributed by atoms with E-state index < -0.39 is 0 Å². The third-order valence-corrected chi connectivity index (χ3v) is 5.35. The molecule has 3 aromatic heterocycles. The van der Waals surface area contributed by atoms with Crippen LogP contribution >= 0.6 is 11.3 Å². The minimum absolute atomic E-state index is 0.0623. The van der Waals surface area contributed by atoms with Gasteiger partial charge in [-0.05, 0) is 56.7 Å². The highest BCUT2D eigenvalue weighted by molar-refractivity contribution is 7.25. The van der Waals surface area contributed by atoms with Crippen molar-refractivity contribution in [3.63, 3.8) is 0 Å². The lowest BCUT2D eigenvalue weighted by molar-refractivity contribution is 0.414. The van der Waals surface area contributed by atoms with Crippen LogP contribution in [0.2, 0.25) is 0 Å². The molecule has 6 heteroatoms. The largest absolute Gasteiger partial charge is 0.497 e. The van der Waals surface area contributed by atoms with Gasteiger partial charge in [-0.3, -0.25) is 9.36 Å². The van der Waals surface area contributed by atoms with Gasteiger partial charge in [0, 0.05) is 11.1 Å². The van der Waals surface area contributed by atoms with Crippen LogP contribution in [0.25, 0.3) is 26.1 Å². The van der Waals surface area contributed by atoms with Gasteiger partial charge in [0.05, 0.1) is 18.3 Å². The molecule has 0 saturated heterocycles. The molecule has 0 unspecified atom stereocenters. The molecule has 0 spiro atoms. The van der Waals surface area contributed by atoms with Crippen molar-refractivity contribution in [2.75, 3.05) is 7.11 Å². The Morgan fingerprint density at radius 1 is 1.08 bits per heavy atom. The lowest BCUT2D eigenvalue weighted by Crippen LogP contribution is -2.21. The summed E-state index contributed by atoms with van der Waals surface area (Å²) >= 11 is 1.41. The normalized spacial score (nSPS) is 11.4. The highest BCUT2D eigenvalue weighted by Crippen LogP contribution is 2.32. The smallest absolute Gasteiger partial charge is 0.276 e. The van der Waals surface area contributed by atoms with Crippen LogP contribution in [0, 0.1) is 20.8 Å². The first-order chi connectivity index (χ1) is 12.0. The number of nitrogens with zero attached hydrogens (tertiary/aromatic N) is 3. The molecule has 0 saturated carbocycles. The van der Waals surface area contributed by atoms with Gasteiger partial charge in [-0.25, -0.2) is 9.97 Å². The summed E-state index contributed by atoms with van der Waals surface area (Å²) in [5.41, 5.74) is 3.51. The maximum absolute atomic E-state index is 13.1. The van der Waals surface area contributed by atoms with Crippen LogP contribution in [0.1, 0.15) is 17.1 Å². The van der Waals surface area contributed by atoms with Crippen LogP contribution in [0.3, 0.4) is 0 Å². The van der Waals surface area contributed by atoms with E-state index in [0.29, 0.717) is 10.5 Å². The number of rotatable bonds is 2. The zero-order valence-electron chi connectivity index (χ0n) is 14.5. The fourth-order valence-corrected chi connectivity index (χ4v) is 4.34. The number of aryl methyl sites for hydroxylation is 3. The van der Waals surface area contributed by atoms with Gasteiger partial charge >= 0.3 is 0 Å². The lowest BCUT2D eigenvalue weighted by Gasteiger charge is -2.10. The van der Waals surface area contributed by atoms with E-state index in [1.54, 1.807) is 11.7 Å². The summed E-state index contributed by atoms with van der Waals surface area (Å²) in [5, 5.41) is 0.979. The second-order valence-electron chi connectivity index (χ2n) is 6.04. The van der Waals surface area contributed by atoms with Gasteiger partial charge in [0.25, 0.3) is 5.56 Å². The maximum Gasteiger partial charge on any atom is 0.276 e. The summed E-state index contributed by atoms with van der Waals surface area (Å²) in [6, 6.07) is 9.43. The number of thiophene rings is 1. The predicted molar refractivity (Wildman–Crippen MR) is 101 cm³/mol. The van der Waals surface area contributed by atoms with Crippen LogP contribution in [-0.4, -0.2) is 21.6 Å². The molecular weight excluding hydrogens is 334 g/mol. The van der Waals surface area contributed by atoms with Crippen molar-refractivity contribution in [3.8, 4) is 11.4 Å². The standard InChI is InChI=1S/C19H17N3O2S/c1-10-9-11(2)20-18-15(10)16-17(25-18)19(23)22(12(3)21-16)13-5-7-14(24-4)8-6-13/h5-9H,1-4H3. The molecule has 0 aliphatic carbocycles. The van der Waals surface area contributed by atoms with E-state index in [4.69, 9.17) is 9.72 Å². The summed E-state index contributed by atoms with van der Waals surface area (Å²) in [4.78, 5) is 23.3. The van der Waals surface area contributed by atoms with E-state index in [0.717, 1.165) is 38.4 Å². The van der Waals surface area contributed by atoms with Crippen molar-refractivity contribution in [1.82, 2.24) is 14.5 Å². The monoisotopic (exact) mass is 351 g/mol. The Kier molecular flexibility index (Phi) is 3.58. The number of pyridine rings is 1. The second-order valence-corrected chi connectivity index (χ2v) is 7.04. The van der Waals surface area contributed by atoms with Gasteiger partial charge in [0.1, 0.15) is 21.1 Å². The number of fused-ring (bicyclic) bond motifs is 3. The Morgan fingerprint density at radius 2 is 1.80 bits per heavy atom. The Bertz CT molecular complexity index is 1170. The number of benzene rings is 1. The van der Waals surface area contributed by atoms with Crippen LogP contribution in [0.4, 0.5) is 0 Å². The van der Waals surface area contributed by atoms with Crippen LogP contribution in [-0.2, 0) is 0 Å². The molecule has 0 N–H and O–H groups in total. The van der Waals surface area contributed by atoms with Gasteiger partial charge in [-0.1, -0.05) is 0 Å². The molecule has 126 valence electrons. The van der Waals surface area contributed by atoms with E-state index >= 15 is 0 Å². The van der Waals surface area contributed by atoms with Gasteiger partial charge in [-0.15, -0.1) is 11.3 Å². The van der Waals surface area contributed by atoms with Gasteiger partial charge < -0.3 is 4.74 Å². The molecule has 1 aromatic carbocycles. The molecule has 0 aliphatic heterocycles. The molecular formula is C19H17N3O2S. The van der Waals surface area contributed by atoms with E-state index in [1.165, 1.54) is 11.3 Å². The summed E-state index contributed by atoms with van der Waals surface area (Å²) in [7, 11) is 1.62. The Morgan fingerprint density at radius 3 is 2.48 bits per heavy atom. The molecule has 0 aliphatic rings. The van der Waals surface area contributed by atoms with Crippen molar-refractivity contribution in [3.05, 3.63) is 57.8 Å². The average molecular weight is 351 g/mol. The zero-order chi connectivity index (χ0) is 17.7. The Hall–Kier alpha value is -2.73. The van der Waals surface area contributed by atoms with Crippen LogP contribution < -0.4 is 10.3 Å². The minimum Gasteiger partial charge on any atom is -0.497 e. The number of hydrogen-bond acceptors (Lipinski definition) is 5. The van der Waals surface area contributed by atoms with Crippen molar-refractivity contribution in [2.45, 2.75) is 20.8 Å². The van der Waals surface area contributed by atoms with E-state index in [2.05, 4.69) is 4.98 Å². The molecule has 0 atom stereocenters. The molecule has 3 heterocycles. The summed E-state index contributed by atoms with van der Waals surface area (Å²) in [6.45, 7) is 5.85. The molecule has 0 fully saturated rings. The number of ether oxygens (including phenoxy) is 1. The number of methoxy groups -OCH3 is 1. The van der Waals surface area contributed by atoms with Gasteiger partial charge in [-0.2, -0.15) is 0 Å². The minimum atomic E-state index is -0.0623. The molecule has 25 heavy (non-hydrogen) atoms. The Balaban J connectivity index is 2.05. The zero-order valence-corrected chi connectivity index (χ0v) is 15.3. The van der Waals surface area contributed by atoms with Crippen LogP contribution in [0.15, 0.2) is 35.1 Å². The average Bonchev–Trinajstić information content (AvgIpc) is 2.94. The predicted octanol–water partition coefficient (Wildman–Crippen LogP) is 3.93. The third-order valence-electron chi connectivity index (χ3n) is 4.29. The van der Waals surface area contributed by atoms with E-state index in [9.17, 15) is 4.79 Å². The van der Waals surface area contributed by atoms with Crippen molar-refractivity contribution < 1.29 is 4.74 Å². The second kappa shape index (κ2) is 5.67. The van der Waals surface area contributed by atoms with Gasteiger partial charge in [0.15, 0.2) is 0 Å². The highest BCUT2D eigenvalue weighted by atomic mass is 32.1. The first-order valence-corrected chi connectivity index (χ1v) is 8.76. The van der Waals surface area contributed by atoms with Crippen LogP contribution in [0.5, 0.6) is 5.75 Å². The first-order valence-electron chi connectivity index (χ1n) is 7.94. The summed E-state index contributed by atoms with van der Waals surface area (Å²) in [6.07, 6.45) is 0. The molecule has 0 amide bonds. The SMILES string of the molecule is COc1ccc(-n2c(C)nc3c(sc4nc(C)cc(C)c43)c2=O)cc1. The molecule has 0 bridgehead atoms. The quantitative estimate of drug-likeness (QED) is 0.549. The molecule has 5 nitrogen and oxygen atoms in total. The topological polar surface area (TPSA) is 57.0 Å². The highest BCUT2D eigenvalue weighted by Gasteiger charge is 2.17. The number of hydrogen-bond donors (Lipinski definition) is 0. The third kappa shape index (κ3) is 2.41. The van der Waals surface area contributed by atoms with Gasteiger partial charge in [0.2, 0.25) is 0 Å². The summed E-state index contributed by atoms with van der Waals surface area (Å²) in [5.74, 6) is 1.41. The first kappa shape index (κ1) is 15.8. The lowest BCUT2D eigenvalue weighted by atomic mass is 10.1. The molecule has 0 radical (unpaired) electrons. The molecule has 4 aromatic rings. The summed E-state index contributed by atoms with van der Waals surface area (Å²) < 4.78 is 7.47. The van der Waals surface area contributed by atoms with E-state index in [-0.39, 0.29) is 5.56 Å². The Labute approximate surface area is 148 Å². The maximum atomic E-state index is 13.1. The fraction of sp³-hybridized carbons (Fsp3) is 0.211. The van der Waals surface area contributed by atoms with Crippen molar-refractivity contribution in [1.29, 1.82) is 0 Å². The van der Waals surface area contributed by atoms with Crippen molar-refractivity contribution in [2.24, 2.45) is 0 Å². The fourth-order valence-electron chi connectivity index (χ4n) is 3.17. The van der Waals surface area contributed by atoms with Crippen molar-refractivity contribution >= 4 is 31.8 Å². The number of aromatic nitrogens is 3. The molecule has 4 rings (SSSR count). The van der Waals surface area contributed by atoms with E-state index in [1.807, 2.05) is 51.1 Å².